The van der Waals surface area contributed by atoms with E-state index in [4.69, 9.17) is 16.3 Å². The summed E-state index contributed by atoms with van der Waals surface area (Å²) in [7, 11) is 0. The fourth-order valence-corrected chi connectivity index (χ4v) is 2.96. The number of ketones is 1. The van der Waals surface area contributed by atoms with Gasteiger partial charge in [-0.2, -0.15) is 0 Å². The quantitative estimate of drug-likeness (QED) is 0.223. The maximum Gasteiger partial charge on any atom is 0.325 e. The Morgan fingerprint density at radius 2 is 2.04 bits per heavy atom. The van der Waals surface area contributed by atoms with E-state index in [2.05, 4.69) is 5.32 Å². The van der Waals surface area contributed by atoms with Crippen LogP contribution in [0.5, 0.6) is 0 Å². The van der Waals surface area contributed by atoms with E-state index >= 15 is 0 Å². The lowest BCUT2D eigenvalue weighted by molar-refractivity contribution is -0.384. The van der Waals surface area contributed by atoms with Crippen molar-refractivity contribution in [2.45, 2.75) is 12.8 Å². The van der Waals surface area contributed by atoms with Gasteiger partial charge in [0.05, 0.1) is 16.4 Å². The van der Waals surface area contributed by atoms with E-state index in [0.717, 1.165) is 6.07 Å². The summed E-state index contributed by atoms with van der Waals surface area (Å²) < 4.78 is 4.95. The SMILES string of the molecule is O=C(CNC(=O)c1ccc(Cl)c([N+](=O)[O-])c1)OCCCC(=O)c1cccs1. The normalized spacial score (nSPS) is 10.3. The second kappa shape index (κ2) is 9.79. The van der Waals surface area contributed by atoms with E-state index in [9.17, 15) is 24.5 Å². The molecule has 0 aliphatic carbocycles. The summed E-state index contributed by atoms with van der Waals surface area (Å²) in [5.41, 5.74) is -0.400. The minimum absolute atomic E-state index is 0.000412. The van der Waals surface area contributed by atoms with Gasteiger partial charge in [0.1, 0.15) is 11.6 Å². The first kappa shape index (κ1) is 20.5. The molecule has 0 saturated carbocycles. The van der Waals surface area contributed by atoms with Gasteiger partial charge in [-0.3, -0.25) is 24.5 Å². The predicted octanol–water partition coefficient (Wildman–Crippen LogP) is 3.25. The van der Waals surface area contributed by atoms with Crippen molar-refractivity contribution < 1.29 is 24.0 Å². The van der Waals surface area contributed by atoms with Crippen LogP contribution >= 0.6 is 22.9 Å². The molecule has 0 aliphatic heterocycles. The third-order valence-corrected chi connectivity index (χ3v) is 4.64. The fourth-order valence-electron chi connectivity index (χ4n) is 2.08. The number of nitro groups is 1. The zero-order valence-electron chi connectivity index (χ0n) is 14.0. The standard InChI is InChI=1S/C17H15ClN2O6S/c18-12-6-5-11(9-13(12)20(24)25)17(23)19-10-16(22)26-7-1-3-14(21)15-4-2-8-27-15/h2,4-6,8-9H,1,3,7,10H2,(H,19,23). The van der Waals surface area contributed by atoms with E-state index in [1.807, 2.05) is 5.38 Å². The number of nitrogens with zero attached hydrogens (tertiary/aromatic N) is 1. The fraction of sp³-hybridized carbons (Fsp3) is 0.235. The van der Waals surface area contributed by atoms with Gasteiger partial charge in [0.15, 0.2) is 5.78 Å². The third kappa shape index (κ3) is 6.15. The Kier molecular flexibility index (Phi) is 7.44. The second-order valence-electron chi connectivity index (χ2n) is 5.33. The average molecular weight is 411 g/mol. The van der Waals surface area contributed by atoms with E-state index in [1.165, 1.54) is 23.5 Å². The lowest BCUT2D eigenvalue weighted by Crippen LogP contribution is -2.30. The molecular weight excluding hydrogens is 396 g/mol. The number of esters is 1. The highest BCUT2D eigenvalue weighted by molar-refractivity contribution is 7.12. The van der Waals surface area contributed by atoms with Gasteiger partial charge in [-0.15, -0.1) is 11.3 Å². The van der Waals surface area contributed by atoms with Crippen LogP contribution in [0.15, 0.2) is 35.7 Å². The highest BCUT2D eigenvalue weighted by Gasteiger charge is 2.17. The zero-order chi connectivity index (χ0) is 19.8. The van der Waals surface area contributed by atoms with Crippen LogP contribution in [0.2, 0.25) is 5.02 Å². The molecule has 0 saturated heterocycles. The largest absolute Gasteiger partial charge is 0.464 e. The van der Waals surface area contributed by atoms with Crippen molar-refractivity contribution in [3.63, 3.8) is 0 Å². The molecule has 1 aromatic heterocycles. The van der Waals surface area contributed by atoms with Crippen LogP contribution in [0.4, 0.5) is 5.69 Å². The van der Waals surface area contributed by atoms with E-state index < -0.39 is 29.0 Å². The molecule has 0 fully saturated rings. The van der Waals surface area contributed by atoms with Crippen molar-refractivity contribution >= 4 is 46.3 Å². The summed E-state index contributed by atoms with van der Waals surface area (Å²) in [5.74, 6) is -1.35. The molecule has 1 amide bonds. The summed E-state index contributed by atoms with van der Waals surface area (Å²) >= 11 is 7.03. The molecule has 1 aromatic carbocycles. The molecule has 0 spiro atoms. The van der Waals surface area contributed by atoms with Crippen molar-refractivity contribution in [3.05, 3.63) is 61.3 Å². The number of amides is 1. The van der Waals surface area contributed by atoms with Gasteiger partial charge in [-0.1, -0.05) is 17.7 Å². The number of hydrogen-bond acceptors (Lipinski definition) is 7. The van der Waals surface area contributed by atoms with Crippen molar-refractivity contribution in [2.24, 2.45) is 0 Å². The molecule has 27 heavy (non-hydrogen) atoms. The Hall–Kier alpha value is -2.78. The van der Waals surface area contributed by atoms with E-state index in [1.54, 1.807) is 12.1 Å². The van der Waals surface area contributed by atoms with Crippen molar-refractivity contribution in [1.82, 2.24) is 5.32 Å². The molecule has 0 unspecified atom stereocenters. The van der Waals surface area contributed by atoms with Crippen molar-refractivity contribution in [1.29, 1.82) is 0 Å². The number of carbonyl (C=O) groups excluding carboxylic acids is 3. The molecule has 2 rings (SSSR count). The number of nitro benzene ring substituents is 1. The summed E-state index contributed by atoms with van der Waals surface area (Å²) in [6, 6.07) is 7.09. The molecule has 142 valence electrons. The van der Waals surface area contributed by atoms with Crippen LogP contribution in [0.25, 0.3) is 0 Å². The smallest absolute Gasteiger partial charge is 0.325 e. The van der Waals surface area contributed by atoms with Gasteiger partial charge >= 0.3 is 5.97 Å². The van der Waals surface area contributed by atoms with Crippen molar-refractivity contribution in [3.8, 4) is 0 Å². The first-order valence-electron chi connectivity index (χ1n) is 7.83. The first-order chi connectivity index (χ1) is 12.9. The summed E-state index contributed by atoms with van der Waals surface area (Å²) in [5, 5.41) is 14.9. The van der Waals surface area contributed by atoms with Crippen LogP contribution in [0, 0.1) is 10.1 Å². The topological polar surface area (TPSA) is 116 Å². The molecule has 1 heterocycles. The predicted molar refractivity (Wildman–Crippen MR) is 99.3 cm³/mol. The van der Waals surface area contributed by atoms with Gasteiger partial charge in [-0.05, 0) is 30.0 Å². The van der Waals surface area contributed by atoms with Gasteiger partial charge in [0.2, 0.25) is 0 Å². The third-order valence-electron chi connectivity index (χ3n) is 3.41. The Labute approximate surface area is 163 Å². The number of hydrogen-bond donors (Lipinski definition) is 1. The van der Waals surface area contributed by atoms with Gasteiger partial charge < -0.3 is 10.1 Å². The Balaban J connectivity index is 1.72. The minimum Gasteiger partial charge on any atom is -0.464 e. The molecule has 0 bridgehead atoms. The molecule has 0 atom stereocenters. The van der Waals surface area contributed by atoms with Crippen LogP contribution in [-0.2, 0) is 9.53 Å². The Bertz CT molecular complexity index is 853. The Morgan fingerprint density at radius 1 is 1.26 bits per heavy atom. The number of rotatable bonds is 9. The van der Waals surface area contributed by atoms with Gasteiger partial charge in [0.25, 0.3) is 11.6 Å². The van der Waals surface area contributed by atoms with E-state index in [0.29, 0.717) is 11.3 Å². The average Bonchev–Trinajstić information content (AvgIpc) is 3.18. The minimum atomic E-state index is -0.704. The molecule has 8 nitrogen and oxygen atoms in total. The molecule has 0 radical (unpaired) electrons. The highest BCUT2D eigenvalue weighted by atomic mass is 35.5. The monoisotopic (exact) mass is 410 g/mol. The van der Waals surface area contributed by atoms with Gasteiger partial charge in [-0.25, -0.2) is 0 Å². The number of benzene rings is 1. The van der Waals surface area contributed by atoms with E-state index in [-0.39, 0.29) is 29.4 Å². The van der Waals surface area contributed by atoms with Crippen molar-refractivity contribution in [2.75, 3.05) is 13.2 Å². The number of halogens is 1. The maximum atomic E-state index is 12.0. The number of thiophene rings is 1. The number of carbonyl (C=O) groups is 3. The van der Waals surface area contributed by atoms with Crippen LogP contribution in [0.1, 0.15) is 32.9 Å². The highest BCUT2D eigenvalue weighted by Crippen LogP contribution is 2.24. The Morgan fingerprint density at radius 3 is 2.70 bits per heavy atom. The number of Topliss-reactive ketones (excluding diaryl/α,β-unsaturated/α-hetero) is 1. The summed E-state index contributed by atoms with van der Waals surface area (Å²) in [6.45, 7) is -0.341. The first-order valence-corrected chi connectivity index (χ1v) is 9.08. The number of nitrogens with one attached hydrogen (secondary N) is 1. The second-order valence-corrected chi connectivity index (χ2v) is 6.69. The lowest BCUT2D eigenvalue weighted by Gasteiger charge is -2.07. The zero-order valence-corrected chi connectivity index (χ0v) is 15.5. The van der Waals surface area contributed by atoms with Gasteiger partial charge in [0, 0.05) is 18.1 Å². The van der Waals surface area contributed by atoms with Crippen LogP contribution in [-0.4, -0.2) is 35.7 Å². The molecular formula is C17H15ClN2O6S. The molecule has 2 aromatic rings. The summed E-state index contributed by atoms with van der Waals surface area (Å²) in [4.78, 5) is 46.1. The number of ether oxygens (including phenoxy) is 1. The van der Waals surface area contributed by atoms with Crippen LogP contribution in [0.3, 0.4) is 0 Å². The maximum absolute atomic E-state index is 12.0. The summed E-state index contributed by atoms with van der Waals surface area (Å²) in [6.07, 6.45) is 0.633. The molecule has 1 N–H and O–H groups in total. The molecule has 0 aliphatic rings. The lowest BCUT2D eigenvalue weighted by atomic mass is 10.2. The molecule has 10 heteroatoms. The van der Waals surface area contributed by atoms with Crippen LogP contribution < -0.4 is 5.32 Å².